The van der Waals surface area contributed by atoms with Crippen molar-refractivity contribution in [3.8, 4) is 0 Å². The summed E-state index contributed by atoms with van der Waals surface area (Å²) in [6.45, 7) is 11.1. The van der Waals surface area contributed by atoms with Crippen LogP contribution in [0.1, 0.15) is 33.3 Å². The second kappa shape index (κ2) is 5.55. The molecular weight excluding hydrogens is 272 g/mol. The van der Waals surface area contributed by atoms with Crippen molar-refractivity contribution >= 4 is 17.3 Å². The second-order valence-corrected chi connectivity index (χ2v) is 7.15. The predicted octanol–water partition coefficient (Wildman–Crippen LogP) is 3.45. The maximum Gasteiger partial charge on any atom is 0.0808 e. The van der Waals surface area contributed by atoms with Crippen LogP contribution >= 0.6 is 11.6 Å². The molecule has 0 spiro atoms. The lowest BCUT2D eigenvalue weighted by molar-refractivity contribution is -0.133. The van der Waals surface area contributed by atoms with E-state index in [1.807, 2.05) is 19.2 Å². The standard InChI is InChI=1S/C16H25ClN2O/c1-15(2)10-19(11-16(3,4)20-15)14-8-6-7-13(17)12(14)9-18-5/h6-8,18H,9-11H2,1-5H3. The lowest BCUT2D eigenvalue weighted by atomic mass is 9.97. The Labute approximate surface area is 127 Å². The maximum absolute atomic E-state index is 6.37. The number of anilines is 1. The van der Waals surface area contributed by atoms with E-state index in [1.54, 1.807) is 0 Å². The van der Waals surface area contributed by atoms with Crippen molar-refractivity contribution in [1.29, 1.82) is 0 Å². The monoisotopic (exact) mass is 296 g/mol. The summed E-state index contributed by atoms with van der Waals surface area (Å²) in [5.41, 5.74) is 2.03. The quantitative estimate of drug-likeness (QED) is 0.924. The molecule has 112 valence electrons. The molecule has 20 heavy (non-hydrogen) atoms. The Morgan fingerprint density at radius 3 is 2.35 bits per heavy atom. The summed E-state index contributed by atoms with van der Waals surface area (Å²) in [6.07, 6.45) is 0. The Hall–Kier alpha value is -0.770. The number of rotatable bonds is 3. The van der Waals surface area contributed by atoms with E-state index in [-0.39, 0.29) is 11.2 Å². The fraction of sp³-hybridized carbons (Fsp3) is 0.625. The third-order valence-corrected chi connectivity index (χ3v) is 3.84. The van der Waals surface area contributed by atoms with Gasteiger partial charge in [0.1, 0.15) is 0 Å². The molecule has 0 unspecified atom stereocenters. The molecular formula is C16H25ClN2O. The van der Waals surface area contributed by atoms with Crippen LogP contribution in [-0.4, -0.2) is 31.3 Å². The van der Waals surface area contributed by atoms with Gasteiger partial charge < -0.3 is 15.0 Å². The van der Waals surface area contributed by atoms with Crippen molar-refractivity contribution in [2.75, 3.05) is 25.0 Å². The molecule has 3 nitrogen and oxygen atoms in total. The minimum Gasteiger partial charge on any atom is -0.366 e. The molecule has 1 N–H and O–H groups in total. The summed E-state index contributed by atoms with van der Waals surface area (Å²) in [6, 6.07) is 6.12. The summed E-state index contributed by atoms with van der Waals surface area (Å²) < 4.78 is 6.15. The zero-order chi connectivity index (χ0) is 15.0. The van der Waals surface area contributed by atoms with Gasteiger partial charge in [-0.1, -0.05) is 17.7 Å². The minimum atomic E-state index is -0.166. The second-order valence-electron chi connectivity index (χ2n) is 6.75. The first-order valence-corrected chi connectivity index (χ1v) is 7.49. The van der Waals surface area contributed by atoms with Gasteiger partial charge in [-0.25, -0.2) is 0 Å². The predicted molar refractivity (Wildman–Crippen MR) is 85.7 cm³/mol. The van der Waals surface area contributed by atoms with Gasteiger partial charge in [0, 0.05) is 35.9 Å². The van der Waals surface area contributed by atoms with E-state index in [2.05, 4.69) is 44.0 Å². The minimum absolute atomic E-state index is 0.166. The SMILES string of the molecule is CNCc1c(Cl)cccc1N1CC(C)(C)OC(C)(C)C1. The summed E-state index contributed by atoms with van der Waals surface area (Å²) in [5, 5.41) is 4.02. The maximum atomic E-state index is 6.37. The molecule has 0 radical (unpaired) electrons. The average molecular weight is 297 g/mol. The highest BCUT2D eigenvalue weighted by atomic mass is 35.5. The average Bonchev–Trinajstić information content (AvgIpc) is 2.28. The summed E-state index contributed by atoms with van der Waals surface area (Å²) in [4.78, 5) is 2.39. The fourth-order valence-electron chi connectivity index (χ4n) is 3.15. The highest BCUT2D eigenvalue weighted by molar-refractivity contribution is 6.31. The molecule has 1 heterocycles. The van der Waals surface area contributed by atoms with Crippen LogP contribution in [0.3, 0.4) is 0 Å². The van der Waals surface area contributed by atoms with E-state index in [9.17, 15) is 0 Å². The molecule has 0 saturated carbocycles. The molecule has 1 fully saturated rings. The Morgan fingerprint density at radius 2 is 1.80 bits per heavy atom. The Bertz CT molecular complexity index is 469. The van der Waals surface area contributed by atoms with E-state index in [1.165, 1.54) is 5.69 Å². The number of hydrogen-bond acceptors (Lipinski definition) is 3. The van der Waals surface area contributed by atoms with Gasteiger partial charge in [0.15, 0.2) is 0 Å². The summed E-state index contributed by atoms with van der Waals surface area (Å²) >= 11 is 6.37. The van der Waals surface area contributed by atoms with Crippen LogP contribution in [0.15, 0.2) is 18.2 Å². The zero-order valence-electron chi connectivity index (χ0n) is 13.1. The molecule has 0 atom stereocenters. The van der Waals surface area contributed by atoms with Crippen LogP contribution < -0.4 is 10.2 Å². The number of benzene rings is 1. The van der Waals surface area contributed by atoms with Crippen LogP contribution in [0.25, 0.3) is 0 Å². The van der Waals surface area contributed by atoms with Gasteiger partial charge in [-0.05, 0) is 46.9 Å². The normalized spacial score (nSPS) is 21.0. The Morgan fingerprint density at radius 1 is 1.20 bits per heavy atom. The molecule has 4 heteroatoms. The van der Waals surface area contributed by atoms with E-state index < -0.39 is 0 Å². The van der Waals surface area contributed by atoms with Crippen molar-refractivity contribution in [2.24, 2.45) is 0 Å². The van der Waals surface area contributed by atoms with E-state index in [4.69, 9.17) is 16.3 Å². The molecule has 1 aliphatic rings. The van der Waals surface area contributed by atoms with Crippen molar-refractivity contribution in [3.05, 3.63) is 28.8 Å². The third kappa shape index (κ3) is 3.46. The van der Waals surface area contributed by atoms with Gasteiger partial charge in [-0.2, -0.15) is 0 Å². The Balaban J connectivity index is 2.38. The number of nitrogens with zero attached hydrogens (tertiary/aromatic N) is 1. The van der Waals surface area contributed by atoms with E-state index in [0.29, 0.717) is 0 Å². The van der Waals surface area contributed by atoms with Crippen molar-refractivity contribution < 1.29 is 4.74 Å². The zero-order valence-corrected chi connectivity index (χ0v) is 13.8. The first-order valence-electron chi connectivity index (χ1n) is 7.11. The Kier molecular flexibility index (Phi) is 4.33. The number of nitrogens with one attached hydrogen (secondary N) is 1. The van der Waals surface area contributed by atoms with Gasteiger partial charge in [0.25, 0.3) is 0 Å². The molecule has 0 aliphatic carbocycles. The van der Waals surface area contributed by atoms with Crippen LogP contribution in [0, 0.1) is 0 Å². The number of ether oxygens (including phenoxy) is 1. The van der Waals surface area contributed by atoms with Crippen LogP contribution in [0.4, 0.5) is 5.69 Å². The van der Waals surface area contributed by atoms with Gasteiger partial charge in [0.05, 0.1) is 11.2 Å². The lowest BCUT2D eigenvalue weighted by Gasteiger charge is -2.48. The smallest absolute Gasteiger partial charge is 0.0808 e. The molecule has 1 aromatic carbocycles. The fourth-order valence-corrected chi connectivity index (χ4v) is 3.39. The van der Waals surface area contributed by atoms with Gasteiger partial charge in [0.2, 0.25) is 0 Å². The van der Waals surface area contributed by atoms with Crippen molar-refractivity contribution in [1.82, 2.24) is 5.32 Å². The molecule has 0 amide bonds. The van der Waals surface area contributed by atoms with Crippen LogP contribution in [0.5, 0.6) is 0 Å². The largest absolute Gasteiger partial charge is 0.366 e. The third-order valence-electron chi connectivity index (χ3n) is 3.48. The molecule has 1 aromatic rings. The van der Waals surface area contributed by atoms with Crippen LogP contribution in [0.2, 0.25) is 5.02 Å². The summed E-state index contributed by atoms with van der Waals surface area (Å²) in [5.74, 6) is 0. The molecule has 0 aromatic heterocycles. The number of halogens is 1. The molecule has 2 rings (SSSR count). The lowest BCUT2D eigenvalue weighted by Crippen LogP contribution is -2.57. The van der Waals surface area contributed by atoms with Gasteiger partial charge >= 0.3 is 0 Å². The highest BCUT2D eigenvalue weighted by Crippen LogP contribution is 2.35. The van der Waals surface area contributed by atoms with E-state index >= 15 is 0 Å². The first-order chi connectivity index (χ1) is 9.24. The molecule has 1 aliphatic heterocycles. The highest BCUT2D eigenvalue weighted by Gasteiger charge is 2.38. The van der Waals surface area contributed by atoms with Crippen molar-refractivity contribution in [3.63, 3.8) is 0 Å². The summed E-state index contributed by atoms with van der Waals surface area (Å²) in [7, 11) is 1.94. The molecule has 1 saturated heterocycles. The van der Waals surface area contributed by atoms with Crippen molar-refractivity contribution in [2.45, 2.75) is 45.4 Å². The number of hydrogen-bond donors (Lipinski definition) is 1. The topological polar surface area (TPSA) is 24.5 Å². The van der Waals surface area contributed by atoms with Gasteiger partial charge in [-0.15, -0.1) is 0 Å². The molecule has 0 bridgehead atoms. The van der Waals surface area contributed by atoms with E-state index in [0.717, 1.165) is 30.2 Å². The first kappa shape index (κ1) is 15.6. The van der Waals surface area contributed by atoms with Gasteiger partial charge in [-0.3, -0.25) is 0 Å². The van der Waals surface area contributed by atoms with Crippen LogP contribution in [-0.2, 0) is 11.3 Å². The number of morpholine rings is 1.